The van der Waals surface area contributed by atoms with Crippen LogP contribution in [-0.2, 0) is 6.54 Å². The molecule has 0 saturated heterocycles. The second-order valence-electron chi connectivity index (χ2n) is 5.58. The molecule has 1 aliphatic rings. The first-order valence-corrected chi connectivity index (χ1v) is 7.90. The molecule has 1 aromatic rings. The zero-order valence-corrected chi connectivity index (χ0v) is 13.4. The van der Waals surface area contributed by atoms with E-state index in [0.29, 0.717) is 6.04 Å². The van der Waals surface area contributed by atoms with Crippen molar-refractivity contribution in [3.05, 3.63) is 33.3 Å². The SMILES string of the molecule is CC1CCC(NCc2ccc(Br)cc2Cl)CC1C. The molecule has 3 atom stereocenters. The summed E-state index contributed by atoms with van der Waals surface area (Å²) in [5, 5.41) is 4.49. The molecule has 0 bridgehead atoms. The van der Waals surface area contributed by atoms with Crippen LogP contribution in [0.2, 0.25) is 5.02 Å². The van der Waals surface area contributed by atoms with Gasteiger partial charge >= 0.3 is 0 Å². The van der Waals surface area contributed by atoms with Crippen LogP contribution in [0.5, 0.6) is 0 Å². The van der Waals surface area contributed by atoms with E-state index in [9.17, 15) is 0 Å². The van der Waals surface area contributed by atoms with Crippen molar-refractivity contribution in [1.82, 2.24) is 5.32 Å². The second kappa shape index (κ2) is 6.40. The average molecular weight is 331 g/mol. The van der Waals surface area contributed by atoms with E-state index in [0.717, 1.165) is 27.9 Å². The van der Waals surface area contributed by atoms with Crippen molar-refractivity contribution in [2.24, 2.45) is 11.8 Å². The fourth-order valence-electron chi connectivity index (χ4n) is 2.65. The molecule has 1 fully saturated rings. The molecule has 1 aromatic carbocycles. The molecule has 0 aliphatic heterocycles. The highest BCUT2D eigenvalue weighted by atomic mass is 79.9. The van der Waals surface area contributed by atoms with Crippen LogP contribution in [0, 0.1) is 11.8 Å². The van der Waals surface area contributed by atoms with Gasteiger partial charge in [-0.05, 0) is 48.8 Å². The van der Waals surface area contributed by atoms with Gasteiger partial charge in [-0.15, -0.1) is 0 Å². The number of hydrogen-bond acceptors (Lipinski definition) is 1. The lowest BCUT2D eigenvalue weighted by molar-refractivity contribution is 0.225. The lowest BCUT2D eigenvalue weighted by atomic mass is 9.79. The van der Waals surface area contributed by atoms with Crippen molar-refractivity contribution in [3.8, 4) is 0 Å². The fourth-order valence-corrected chi connectivity index (χ4v) is 3.39. The third-order valence-corrected chi connectivity index (χ3v) is 5.04. The summed E-state index contributed by atoms with van der Waals surface area (Å²) in [6, 6.07) is 6.75. The van der Waals surface area contributed by atoms with Gasteiger partial charge in [-0.2, -0.15) is 0 Å². The molecule has 1 aliphatic carbocycles. The van der Waals surface area contributed by atoms with Gasteiger partial charge in [0.1, 0.15) is 0 Å². The maximum Gasteiger partial charge on any atom is 0.0462 e. The Balaban J connectivity index is 1.88. The van der Waals surface area contributed by atoms with Crippen LogP contribution in [0.3, 0.4) is 0 Å². The van der Waals surface area contributed by atoms with E-state index in [1.54, 1.807) is 0 Å². The molecule has 3 heteroatoms. The number of hydrogen-bond donors (Lipinski definition) is 1. The number of rotatable bonds is 3. The molecule has 1 nitrogen and oxygen atoms in total. The minimum absolute atomic E-state index is 0.649. The number of nitrogens with one attached hydrogen (secondary N) is 1. The third kappa shape index (κ3) is 3.72. The van der Waals surface area contributed by atoms with Crippen LogP contribution in [-0.4, -0.2) is 6.04 Å². The minimum atomic E-state index is 0.649. The standard InChI is InChI=1S/C15H21BrClN/c1-10-3-6-14(7-11(10)2)18-9-12-4-5-13(16)8-15(12)17/h4-5,8,10-11,14,18H,3,6-7,9H2,1-2H3. The van der Waals surface area contributed by atoms with Gasteiger partial charge < -0.3 is 5.32 Å². The normalized spacial score (nSPS) is 28.3. The van der Waals surface area contributed by atoms with E-state index < -0.39 is 0 Å². The van der Waals surface area contributed by atoms with Gasteiger partial charge in [0, 0.05) is 22.1 Å². The minimum Gasteiger partial charge on any atom is -0.310 e. The zero-order chi connectivity index (χ0) is 13.1. The Labute approximate surface area is 123 Å². The van der Waals surface area contributed by atoms with E-state index in [1.807, 2.05) is 6.07 Å². The van der Waals surface area contributed by atoms with Gasteiger partial charge in [-0.3, -0.25) is 0 Å². The summed E-state index contributed by atoms with van der Waals surface area (Å²) in [7, 11) is 0. The molecule has 18 heavy (non-hydrogen) atoms. The van der Waals surface area contributed by atoms with Gasteiger partial charge in [-0.1, -0.05) is 47.4 Å². The lowest BCUT2D eigenvalue weighted by Gasteiger charge is -2.32. The highest BCUT2D eigenvalue weighted by Gasteiger charge is 2.24. The lowest BCUT2D eigenvalue weighted by Crippen LogP contribution is -2.35. The van der Waals surface area contributed by atoms with Gasteiger partial charge in [-0.25, -0.2) is 0 Å². The first kappa shape index (κ1) is 14.4. The molecule has 0 radical (unpaired) electrons. The summed E-state index contributed by atoms with van der Waals surface area (Å²) < 4.78 is 1.04. The first-order chi connectivity index (χ1) is 8.56. The van der Waals surface area contributed by atoms with Crippen molar-refractivity contribution in [2.75, 3.05) is 0 Å². The Bertz CT molecular complexity index is 407. The Morgan fingerprint density at radius 2 is 2.06 bits per heavy atom. The Hall–Kier alpha value is -0.0500. The zero-order valence-electron chi connectivity index (χ0n) is 11.0. The average Bonchev–Trinajstić information content (AvgIpc) is 2.32. The van der Waals surface area contributed by atoms with Gasteiger partial charge in [0.2, 0.25) is 0 Å². The summed E-state index contributed by atoms with van der Waals surface area (Å²) in [6.45, 7) is 5.61. The third-order valence-electron chi connectivity index (χ3n) is 4.19. The highest BCUT2D eigenvalue weighted by Crippen LogP contribution is 2.29. The smallest absolute Gasteiger partial charge is 0.0462 e. The molecule has 1 saturated carbocycles. The van der Waals surface area contributed by atoms with Gasteiger partial charge in [0.15, 0.2) is 0 Å². The second-order valence-corrected chi connectivity index (χ2v) is 6.90. The molecule has 0 spiro atoms. The topological polar surface area (TPSA) is 12.0 Å². The Morgan fingerprint density at radius 1 is 1.28 bits per heavy atom. The van der Waals surface area contributed by atoms with E-state index in [2.05, 4.69) is 47.2 Å². The maximum absolute atomic E-state index is 6.23. The highest BCUT2D eigenvalue weighted by molar-refractivity contribution is 9.10. The fraction of sp³-hybridized carbons (Fsp3) is 0.600. The quantitative estimate of drug-likeness (QED) is 0.821. The van der Waals surface area contributed by atoms with Crippen LogP contribution in [0.25, 0.3) is 0 Å². The van der Waals surface area contributed by atoms with Crippen LogP contribution >= 0.6 is 27.5 Å². The molecule has 0 amide bonds. The predicted molar refractivity (Wildman–Crippen MR) is 82.0 cm³/mol. The molecule has 0 heterocycles. The molecule has 1 N–H and O–H groups in total. The van der Waals surface area contributed by atoms with Crippen molar-refractivity contribution < 1.29 is 0 Å². The summed E-state index contributed by atoms with van der Waals surface area (Å²) in [5.74, 6) is 1.70. The number of benzene rings is 1. The van der Waals surface area contributed by atoms with E-state index in [-0.39, 0.29) is 0 Å². The molecule has 2 rings (SSSR count). The van der Waals surface area contributed by atoms with Crippen LogP contribution < -0.4 is 5.32 Å². The summed E-state index contributed by atoms with van der Waals surface area (Å²) in [5.41, 5.74) is 1.19. The van der Waals surface area contributed by atoms with Crippen molar-refractivity contribution >= 4 is 27.5 Å². The first-order valence-electron chi connectivity index (χ1n) is 6.73. The summed E-state index contributed by atoms with van der Waals surface area (Å²) >= 11 is 9.66. The van der Waals surface area contributed by atoms with Gasteiger partial charge in [0.25, 0.3) is 0 Å². The van der Waals surface area contributed by atoms with E-state index in [4.69, 9.17) is 11.6 Å². The van der Waals surface area contributed by atoms with Crippen LogP contribution in [0.15, 0.2) is 22.7 Å². The van der Waals surface area contributed by atoms with Crippen molar-refractivity contribution in [2.45, 2.75) is 45.7 Å². The molecule has 3 unspecified atom stereocenters. The maximum atomic E-state index is 6.23. The largest absolute Gasteiger partial charge is 0.310 e. The van der Waals surface area contributed by atoms with E-state index in [1.165, 1.54) is 24.8 Å². The van der Waals surface area contributed by atoms with Crippen LogP contribution in [0.1, 0.15) is 38.7 Å². The molecular weight excluding hydrogens is 310 g/mol. The van der Waals surface area contributed by atoms with Crippen LogP contribution in [0.4, 0.5) is 0 Å². The number of halogens is 2. The summed E-state index contributed by atoms with van der Waals surface area (Å²) in [4.78, 5) is 0. The Kier molecular flexibility index (Phi) is 5.11. The van der Waals surface area contributed by atoms with Crippen molar-refractivity contribution in [3.63, 3.8) is 0 Å². The van der Waals surface area contributed by atoms with Crippen molar-refractivity contribution in [1.29, 1.82) is 0 Å². The molecule has 100 valence electrons. The summed E-state index contributed by atoms with van der Waals surface area (Å²) in [6.07, 6.45) is 3.92. The Morgan fingerprint density at radius 3 is 2.72 bits per heavy atom. The monoisotopic (exact) mass is 329 g/mol. The predicted octanol–water partition coefficient (Wildman–Crippen LogP) is 5.02. The molecule has 0 aromatic heterocycles. The molecular formula is C15H21BrClN. The van der Waals surface area contributed by atoms with E-state index >= 15 is 0 Å². The van der Waals surface area contributed by atoms with Gasteiger partial charge in [0.05, 0.1) is 0 Å².